The van der Waals surface area contributed by atoms with Crippen molar-refractivity contribution in [2.24, 2.45) is 0 Å². The van der Waals surface area contributed by atoms with Gasteiger partial charge < -0.3 is 19.3 Å². The lowest BCUT2D eigenvalue weighted by atomic mass is 10.2. The number of hydrogen-bond donors (Lipinski definition) is 0. The molecule has 10 nitrogen and oxygen atoms in total. The molecule has 0 N–H and O–H groups in total. The van der Waals surface area contributed by atoms with Crippen molar-refractivity contribution in [2.75, 3.05) is 58.4 Å². The van der Waals surface area contributed by atoms with Gasteiger partial charge in [0.2, 0.25) is 15.9 Å². The molecule has 32 heavy (non-hydrogen) atoms. The van der Waals surface area contributed by atoms with Gasteiger partial charge in [0, 0.05) is 51.8 Å². The zero-order valence-electron chi connectivity index (χ0n) is 18.2. The first kappa shape index (κ1) is 22.4. The molecule has 1 aromatic heterocycles. The van der Waals surface area contributed by atoms with Crippen LogP contribution in [-0.2, 0) is 14.8 Å². The fourth-order valence-electron chi connectivity index (χ4n) is 3.68. The molecular weight excluding hydrogens is 434 g/mol. The van der Waals surface area contributed by atoms with Crippen LogP contribution in [0.4, 0.5) is 5.82 Å². The third-order valence-corrected chi connectivity index (χ3v) is 7.43. The Balaban J connectivity index is 1.36. The van der Waals surface area contributed by atoms with Crippen LogP contribution >= 0.6 is 0 Å². The molecule has 1 amide bonds. The second-order valence-corrected chi connectivity index (χ2v) is 9.88. The Labute approximate surface area is 187 Å². The number of amides is 1. The monoisotopic (exact) mass is 461 g/mol. The van der Waals surface area contributed by atoms with E-state index >= 15 is 0 Å². The quantitative estimate of drug-likeness (QED) is 0.624. The number of likely N-dealkylation sites (tertiary alicyclic amines) is 1. The number of morpholine rings is 1. The molecule has 2 saturated heterocycles. The first-order valence-corrected chi connectivity index (χ1v) is 11.9. The standard InChI is InChI=1S/C21H27N5O5S/c1-24(2)19-7-8-20(23-22-19)31-17-9-10-25(15-17)21(27)16-3-5-18(6-4-16)32(28,29)26-11-13-30-14-12-26/h3-8,17H,9-15H2,1-2H3. The first-order chi connectivity index (χ1) is 15.3. The number of hydrogen-bond acceptors (Lipinski definition) is 8. The molecule has 1 atom stereocenters. The van der Waals surface area contributed by atoms with Crippen LogP contribution in [0.3, 0.4) is 0 Å². The summed E-state index contributed by atoms with van der Waals surface area (Å²) in [6.07, 6.45) is 0.520. The molecule has 1 aromatic carbocycles. The summed E-state index contributed by atoms with van der Waals surface area (Å²) in [5.41, 5.74) is 0.446. The van der Waals surface area contributed by atoms with Crippen molar-refractivity contribution in [2.45, 2.75) is 17.4 Å². The van der Waals surface area contributed by atoms with Gasteiger partial charge in [-0.3, -0.25) is 4.79 Å². The van der Waals surface area contributed by atoms with Crippen LogP contribution in [0.25, 0.3) is 0 Å². The van der Waals surface area contributed by atoms with Crippen molar-refractivity contribution >= 4 is 21.7 Å². The Kier molecular flexibility index (Phi) is 6.58. The SMILES string of the molecule is CN(C)c1ccc(OC2CCN(C(=O)c3ccc(S(=O)(=O)N4CCOCC4)cc3)C2)nn1. The highest BCUT2D eigenvalue weighted by Gasteiger charge is 2.30. The van der Waals surface area contributed by atoms with Crippen LogP contribution in [0.5, 0.6) is 5.88 Å². The summed E-state index contributed by atoms with van der Waals surface area (Å²) in [4.78, 5) is 16.6. The average Bonchev–Trinajstić information content (AvgIpc) is 3.28. The minimum atomic E-state index is -3.58. The summed E-state index contributed by atoms with van der Waals surface area (Å²) in [6.45, 7) is 2.43. The van der Waals surface area contributed by atoms with Gasteiger partial charge in [0.05, 0.1) is 24.7 Å². The van der Waals surface area contributed by atoms with Gasteiger partial charge in [0.25, 0.3) is 5.91 Å². The van der Waals surface area contributed by atoms with Gasteiger partial charge >= 0.3 is 0 Å². The van der Waals surface area contributed by atoms with E-state index in [0.29, 0.717) is 57.3 Å². The maximum absolute atomic E-state index is 12.9. The predicted octanol–water partition coefficient (Wildman–Crippen LogP) is 0.857. The number of ether oxygens (including phenoxy) is 2. The maximum Gasteiger partial charge on any atom is 0.253 e. The van der Waals surface area contributed by atoms with E-state index < -0.39 is 10.0 Å². The first-order valence-electron chi connectivity index (χ1n) is 10.5. The van der Waals surface area contributed by atoms with Crippen molar-refractivity contribution < 1.29 is 22.7 Å². The molecule has 3 heterocycles. The molecule has 0 spiro atoms. The van der Waals surface area contributed by atoms with Crippen molar-refractivity contribution in [3.05, 3.63) is 42.0 Å². The average molecular weight is 462 g/mol. The number of nitrogens with zero attached hydrogens (tertiary/aromatic N) is 5. The van der Waals surface area contributed by atoms with Crippen LogP contribution in [0.2, 0.25) is 0 Å². The Morgan fingerprint density at radius 2 is 1.78 bits per heavy atom. The minimum Gasteiger partial charge on any atom is -0.471 e. The van der Waals surface area contributed by atoms with E-state index in [-0.39, 0.29) is 16.9 Å². The summed E-state index contributed by atoms with van der Waals surface area (Å²) < 4.78 is 38.0. The van der Waals surface area contributed by atoms with Crippen molar-refractivity contribution in [1.29, 1.82) is 0 Å². The Hall–Kier alpha value is -2.76. The predicted molar refractivity (Wildman–Crippen MR) is 117 cm³/mol. The summed E-state index contributed by atoms with van der Waals surface area (Å²) in [5, 5.41) is 8.17. The second-order valence-electron chi connectivity index (χ2n) is 7.94. The highest BCUT2D eigenvalue weighted by Crippen LogP contribution is 2.21. The lowest BCUT2D eigenvalue weighted by molar-refractivity contribution is 0.0730. The van der Waals surface area contributed by atoms with Crippen LogP contribution in [0, 0.1) is 0 Å². The van der Waals surface area contributed by atoms with Crippen molar-refractivity contribution in [1.82, 2.24) is 19.4 Å². The fourth-order valence-corrected chi connectivity index (χ4v) is 5.09. The van der Waals surface area contributed by atoms with E-state index in [1.54, 1.807) is 23.1 Å². The number of sulfonamides is 1. The molecule has 2 aromatic rings. The number of aromatic nitrogens is 2. The molecule has 1 unspecified atom stereocenters. The topological polar surface area (TPSA) is 105 Å². The number of carbonyl (C=O) groups is 1. The van der Waals surface area contributed by atoms with Gasteiger partial charge in [0.1, 0.15) is 6.10 Å². The summed E-state index contributed by atoms with van der Waals surface area (Å²) in [5.74, 6) is 1.01. The van der Waals surface area contributed by atoms with E-state index in [0.717, 1.165) is 5.82 Å². The number of anilines is 1. The van der Waals surface area contributed by atoms with E-state index in [1.807, 2.05) is 25.1 Å². The zero-order valence-corrected chi connectivity index (χ0v) is 19.0. The molecule has 4 rings (SSSR count). The molecule has 0 bridgehead atoms. The summed E-state index contributed by atoms with van der Waals surface area (Å²) in [6, 6.07) is 9.70. The minimum absolute atomic E-state index is 0.152. The van der Waals surface area contributed by atoms with E-state index in [9.17, 15) is 13.2 Å². The van der Waals surface area contributed by atoms with Gasteiger partial charge in [-0.05, 0) is 30.3 Å². The van der Waals surface area contributed by atoms with Gasteiger partial charge in [0.15, 0.2) is 5.82 Å². The molecule has 172 valence electrons. The molecule has 2 aliphatic rings. The van der Waals surface area contributed by atoms with Crippen molar-refractivity contribution in [3.8, 4) is 5.88 Å². The van der Waals surface area contributed by atoms with Crippen molar-refractivity contribution in [3.63, 3.8) is 0 Å². The Morgan fingerprint density at radius 1 is 1.06 bits per heavy atom. The van der Waals surface area contributed by atoms with Crippen LogP contribution in [0.1, 0.15) is 16.8 Å². The van der Waals surface area contributed by atoms with Crippen LogP contribution in [-0.4, -0.2) is 93.3 Å². The van der Waals surface area contributed by atoms with Gasteiger partial charge in [-0.2, -0.15) is 4.31 Å². The summed E-state index contributed by atoms with van der Waals surface area (Å²) >= 11 is 0. The van der Waals surface area contributed by atoms with Crippen LogP contribution < -0.4 is 9.64 Å². The lowest BCUT2D eigenvalue weighted by Gasteiger charge is -2.26. The highest BCUT2D eigenvalue weighted by atomic mass is 32.2. The molecule has 0 aliphatic carbocycles. The molecule has 11 heteroatoms. The molecule has 0 saturated carbocycles. The van der Waals surface area contributed by atoms with Gasteiger partial charge in [-0.15, -0.1) is 10.2 Å². The van der Waals surface area contributed by atoms with E-state index in [4.69, 9.17) is 9.47 Å². The lowest BCUT2D eigenvalue weighted by Crippen LogP contribution is -2.40. The molecule has 2 aliphatic heterocycles. The van der Waals surface area contributed by atoms with Crippen LogP contribution in [0.15, 0.2) is 41.3 Å². The Morgan fingerprint density at radius 3 is 2.41 bits per heavy atom. The molecular formula is C21H27N5O5S. The molecule has 0 radical (unpaired) electrons. The van der Waals surface area contributed by atoms with Gasteiger partial charge in [-0.1, -0.05) is 0 Å². The molecule has 2 fully saturated rings. The largest absolute Gasteiger partial charge is 0.471 e. The number of rotatable bonds is 6. The fraction of sp³-hybridized carbons (Fsp3) is 0.476. The van der Waals surface area contributed by atoms with E-state index in [1.165, 1.54) is 16.4 Å². The van der Waals surface area contributed by atoms with E-state index in [2.05, 4.69) is 10.2 Å². The number of carbonyl (C=O) groups excluding carboxylic acids is 1. The third kappa shape index (κ3) is 4.84. The zero-order chi connectivity index (χ0) is 22.7. The number of benzene rings is 1. The highest BCUT2D eigenvalue weighted by molar-refractivity contribution is 7.89. The smallest absolute Gasteiger partial charge is 0.253 e. The Bertz CT molecular complexity index is 1040. The van der Waals surface area contributed by atoms with Gasteiger partial charge in [-0.25, -0.2) is 8.42 Å². The normalized spacial score (nSPS) is 19.7. The third-order valence-electron chi connectivity index (χ3n) is 5.51. The summed E-state index contributed by atoms with van der Waals surface area (Å²) in [7, 11) is 0.186. The second kappa shape index (κ2) is 9.39. The maximum atomic E-state index is 12.9.